The Kier molecular flexibility index (Phi) is 8.78. The van der Waals surface area contributed by atoms with Crippen molar-refractivity contribution in [2.45, 2.75) is 32.6 Å². The van der Waals surface area contributed by atoms with Crippen LogP contribution in [0.1, 0.15) is 19.4 Å². The topological polar surface area (TPSA) is 71.0 Å². The van der Waals surface area contributed by atoms with Crippen LogP contribution in [0.4, 0.5) is 13.2 Å². The first-order valence-electron chi connectivity index (χ1n) is 9.36. The lowest BCUT2D eigenvalue weighted by molar-refractivity contribution is -0.154. The molecule has 0 aliphatic carbocycles. The molecule has 1 unspecified atom stereocenters. The average molecular weight is 403 g/mol. The number of halogens is 3. The van der Waals surface area contributed by atoms with Gasteiger partial charge in [0.15, 0.2) is 12.6 Å². The summed E-state index contributed by atoms with van der Waals surface area (Å²) in [5, 5.41) is 6.48. The number of ether oxygens (including phenoxy) is 2. The van der Waals surface area contributed by atoms with Crippen LogP contribution in [0.25, 0.3) is 0 Å². The van der Waals surface area contributed by atoms with Gasteiger partial charge in [0, 0.05) is 44.5 Å². The number of hydrogen-bond acceptors (Lipinski definition) is 5. The molecule has 1 atom stereocenters. The first kappa shape index (κ1) is 22.2. The molecule has 1 fully saturated rings. The lowest BCUT2D eigenvalue weighted by atomic mass is 10.2. The third-order valence-corrected chi connectivity index (χ3v) is 4.18. The van der Waals surface area contributed by atoms with Crippen LogP contribution in [-0.2, 0) is 11.3 Å². The number of nitrogens with zero attached hydrogens (tertiary/aromatic N) is 3. The molecular formula is C18H28F3N5O2. The molecule has 0 bridgehead atoms. The first-order chi connectivity index (χ1) is 13.4. The van der Waals surface area contributed by atoms with Crippen molar-refractivity contribution < 1.29 is 22.6 Å². The van der Waals surface area contributed by atoms with Crippen LogP contribution < -0.4 is 15.4 Å². The van der Waals surface area contributed by atoms with Gasteiger partial charge in [-0.2, -0.15) is 13.2 Å². The van der Waals surface area contributed by atoms with E-state index in [1.54, 1.807) is 6.07 Å². The van der Waals surface area contributed by atoms with Gasteiger partial charge in [-0.3, -0.25) is 4.90 Å². The van der Waals surface area contributed by atoms with E-state index >= 15 is 0 Å². The summed E-state index contributed by atoms with van der Waals surface area (Å²) in [7, 11) is 0. The van der Waals surface area contributed by atoms with Gasteiger partial charge in [0.2, 0.25) is 5.88 Å². The van der Waals surface area contributed by atoms with Crippen molar-refractivity contribution in [2.24, 2.45) is 4.99 Å². The predicted octanol–water partition coefficient (Wildman–Crippen LogP) is 1.80. The number of aliphatic imine (C=N–C) groups is 1. The summed E-state index contributed by atoms with van der Waals surface area (Å²) in [6, 6.07) is 3.50. The molecule has 0 radical (unpaired) electrons. The molecule has 0 spiro atoms. The zero-order valence-electron chi connectivity index (χ0n) is 16.3. The maximum atomic E-state index is 12.3. The molecule has 2 N–H and O–H groups in total. The van der Waals surface area contributed by atoms with E-state index in [0.29, 0.717) is 30.7 Å². The van der Waals surface area contributed by atoms with Crippen LogP contribution in [-0.4, -0.2) is 74.1 Å². The molecule has 1 aromatic heterocycles. The second-order valence-electron chi connectivity index (χ2n) is 6.48. The number of rotatable bonds is 8. The molecule has 1 aliphatic heterocycles. The van der Waals surface area contributed by atoms with Gasteiger partial charge in [-0.1, -0.05) is 0 Å². The molecule has 2 rings (SSSR count). The average Bonchev–Trinajstić information content (AvgIpc) is 2.69. The highest BCUT2D eigenvalue weighted by Gasteiger charge is 2.28. The Morgan fingerprint density at radius 3 is 2.79 bits per heavy atom. The van der Waals surface area contributed by atoms with Crippen LogP contribution in [0, 0.1) is 0 Å². The monoisotopic (exact) mass is 403 g/mol. The van der Waals surface area contributed by atoms with E-state index in [1.807, 2.05) is 6.92 Å². The fraction of sp³-hybridized carbons (Fsp3) is 0.667. The number of alkyl halides is 3. The molecule has 1 saturated heterocycles. The highest BCUT2D eigenvalue weighted by atomic mass is 19.4. The number of nitrogens with one attached hydrogen (secondary N) is 2. The summed E-state index contributed by atoms with van der Waals surface area (Å²) in [5.74, 6) is 0.584. The van der Waals surface area contributed by atoms with Crippen molar-refractivity contribution in [3.05, 3.63) is 23.9 Å². The van der Waals surface area contributed by atoms with Gasteiger partial charge < -0.3 is 20.1 Å². The Labute approximate surface area is 163 Å². The summed E-state index contributed by atoms with van der Waals surface area (Å²) >= 11 is 0. The van der Waals surface area contributed by atoms with Gasteiger partial charge >= 0.3 is 6.18 Å². The van der Waals surface area contributed by atoms with Crippen LogP contribution in [0.2, 0.25) is 0 Å². The lowest BCUT2D eigenvalue weighted by Crippen LogP contribution is -2.49. The van der Waals surface area contributed by atoms with Gasteiger partial charge in [0.25, 0.3) is 0 Å². The normalized spacial score (nSPS) is 17.2. The zero-order valence-corrected chi connectivity index (χ0v) is 16.3. The molecule has 0 saturated carbocycles. The second kappa shape index (κ2) is 11.1. The van der Waals surface area contributed by atoms with Crippen molar-refractivity contribution in [1.82, 2.24) is 20.5 Å². The number of aromatic nitrogens is 1. The van der Waals surface area contributed by atoms with Crippen molar-refractivity contribution in [1.29, 1.82) is 0 Å². The molecule has 1 aliphatic rings. The number of guanidine groups is 1. The molecule has 10 heteroatoms. The molecule has 0 aromatic carbocycles. The summed E-state index contributed by atoms with van der Waals surface area (Å²) < 4.78 is 46.8. The highest BCUT2D eigenvalue weighted by Crippen LogP contribution is 2.17. The van der Waals surface area contributed by atoms with E-state index < -0.39 is 12.8 Å². The quantitative estimate of drug-likeness (QED) is 0.510. The van der Waals surface area contributed by atoms with Crippen molar-refractivity contribution >= 4 is 5.96 Å². The van der Waals surface area contributed by atoms with Crippen molar-refractivity contribution in [2.75, 3.05) is 46.0 Å². The Morgan fingerprint density at radius 2 is 2.11 bits per heavy atom. The third-order valence-electron chi connectivity index (χ3n) is 4.18. The van der Waals surface area contributed by atoms with Gasteiger partial charge in [-0.25, -0.2) is 9.98 Å². The lowest BCUT2D eigenvalue weighted by Gasteiger charge is -2.32. The number of morpholine rings is 1. The standard InChI is InChI=1S/C18H28F3N5O2/c1-3-22-17(24-11-14(2)26-6-8-27-9-7-26)25-12-15-4-5-23-16(10-15)28-13-18(19,20)21/h4-5,10,14H,3,6-9,11-13H2,1-2H3,(H2,22,24,25). The zero-order chi connectivity index (χ0) is 20.4. The molecule has 158 valence electrons. The Balaban J connectivity index is 1.88. The van der Waals surface area contributed by atoms with E-state index in [1.165, 1.54) is 12.3 Å². The molecular weight excluding hydrogens is 375 g/mol. The van der Waals surface area contributed by atoms with Gasteiger partial charge in [0.1, 0.15) is 0 Å². The van der Waals surface area contributed by atoms with E-state index in [2.05, 4.69) is 37.2 Å². The van der Waals surface area contributed by atoms with E-state index in [-0.39, 0.29) is 5.88 Å². The highest BCUT2D eigenvalue weighted by molar-refractivity contribution is 5.79. The minimum atomic E-state index is -4.39. The maximum absolute atomic E-state index is 12.3. The second-order valence-corrected chi connectivity index (χ2v) is 6.48. The van der Waals surface area contributed by atoms with Crippen molar-refractivity contribution in [3.63, 3.8) is 0 Å². The minimum Gasteiger partial charge on any atom is -0.468 e. The Morgan fingerprint density at radius 1 is 1.36 bits per heavy atom. The molecule has 28 heavy (non-hydrogen) atoms. The number of hydrogen-bond donors (Lipinski definition) is 2. The summed E-state index contributed by atoms with van der Waals surface area (Å²) in [4.78, 5) is 10.7. The van der Waals surface area contributed by atoms with Crippen LogP contribution in [0.5, 0.6) is 5.88 Å². The van der Waals surface area contributed by atoms with Crippen LogP contribution in [0.3, 0.4) is 0 Å². The molecule has 0 amide bonds. The number of pyridine rings is 1. The van der Waals surface area contributed by atoms with Crippen molar-refractivity contribution in [3.8, 4) is 5.88 Å². The van der Waals surface area contributed by atoms with Gasteiger partial charge in [-0.05, 0) is 25.5 Å². The Hall–Kier alpha value is -2.07. The first-order valence-corrected chi connectivity index (χ1v) is 9.36. The summed E-state index contributed by atoms with van der Waals surface area (Å²) in [6.07, 6.45) is -2.98. The van der Waals surface area contributed by atoms with Gasteiger partial charge in [-0.15, -0.1) is 0 Å². The van der Waals surface area contributed by atoms with E-state index in [0.717, 1.165) is 32.8 Å². The van der Waals surface area contributed by atoms with Gasteiger partial charge in [0.05, 0.1) is 19.8 Å². The molecule has 2 heterocycles. The summed E-state index contributed by atoms with van der Waals surface area (Å²) in [5.41, 5.74) is 0.714. The van der Waals surface area contributed by atoms with Crippen LogP contribution >= 0.6 is 0 Å². The Bertz CT molecular complexity index is 621. The smallest absolute Gasteiger partial charge is 0.422 e. The molecule has 7 nitrogen and oxygen atoms in total. The predicted molar refractivity (Wildman–Crippen MR) is 100 cm³/mol. The van der Waals surface area contributed by atoms with Crippen LogP contribution in [0.15, 0.2) is 23.3 Å². The fourth-order valence-electron chi connectivity index (χ4n) is 2.69. The minimum absolute atomic E-state index is 0.0658. The summed E-state index contributed by atoms with van der Waals surface area (Å²) in [6.45, 7) is 7.80. The molecule has 1 aromatic rings. The largest absolute Gasteiger partial charge is 0.468 e. The fourth-order valence-corrected chi connectivity index (χ4v) is 2.69. The third kappa shape index (κ3) is 8.30. The van der Waals surface area contributed by atoms with E-state index in [9.17, 15) is 13.2 Å². The SMILES string of the molecule is CCNC(=NCc1ccnc(OCC(F)(F)F)c1)NCC(C)N1CCOCC1. The maximum Gasteiger partial charge on any atom is 0.422 e. The van der Waals surface area contributed by atoms with E-state index in [4.69, 9.17) is 4.74 Å².